The summed E-state index contributed by atoms with van der Waals surface area (Å²) in [5, 5.41) is 0. The van der Waals surface area contributed by atoms with Crippen molar-refractivity contribution < 1.29 is 0 Å². The molecule has 1 aromatic carbocycles. The molecule has 0 aromatic heterocycles. The van der Waals surface area contributed by atoms with E-state index in [-0.39, 0.29) is 0 Å². The maximum absolute atomic E-state index is 2.45. The van der Waals surface area contributed by atoms with Gasteiger partial charge in [0, 0.05) is 0 Å². The van der Waals surface area contributed by atoms with Crippen molar-refractivity contribution in [1.82, 2.24) is 0 Å². The molecule has 0 amide bonds. The molecule has 0 saturated heterocycles. The van der Waals surface area contributed by atoms with Gasteiger partial charge in [0.2, 0.25) is 0 Å². The summed E-state index contributed by atoms with van der Waals surface area (Å²) >= 11 is -1.62. The van der Waals surface area contributed by atoms with Crippen LogP contribution in [0.3, 0.4) is 0 Å². The molecule has 0 spiro atoms. The first-order valence-electron chi connectivity index (χ1n) is 5.43. The zero-order valence-corrected chi connectivity index (χ0v) is 12.4. The van der Waals surface area contributed by atoms with Crippen LogP contribution in [0.15, 0.2) is 18.2 Å². The molecule has 0 N–H and O–H groups in total. The van der Waals surface area contributed by atoms with Gasteiger partial charge in [-0.25, -0.2) is 0 Å². The van der Waals surface area contributed by atoms with Gasteiger partial charge in [-0.1, -0.05) is 0 Å². The van der Waals surface area contributed by atoms with Gasteiger partial charge in [0.05, 0.1) is 0 Å². The average Bonchev–Trinajstić information content (AvgIpc) is 2.02. The van der Waals surface area contributed by atoms with E-state index in [9.17, 15) is 0 Å². The van der Waals surface area contributed by atoms with Crippen molar-refractivity contribution in [1.29, 1.82) is 0 Å². The quantitative estimate of drug-likeness (QED) is 0.703. The van der Waals surface area contributed by atoms with E-state index in [1.54, 1.807) is 4.40 Å². The summed E-state index contributed by atoms with van der Waals surface area (Å²) < 4.78 is 1.62. The first-order valence-corrected chi connectivity index (χ1v) is 12.8. The number of hydrogen-bond donors (Lipinski definition) is 0. The Kier molecular flexibility index (Phi) is 3.46. The Morgan fingerprint density at radius 2 is 1.64 bits per heavy atom. The monoisotopic (exact) mass is 252 g/mol. The molecule has 0 radical (unpaired) electrons. The number of rotatable bonds is 2. The molecule has 0 heterocycles. The fourth-order valence-electron chi connectivity index (χ4n) is 1.73. The number of benzene rings is 1. The van der Waals surface area contributed by atoms with Crippen molar-refractivity contribution in [3.8, 4) is 0 Å². The summed E-state index contributed by atoms with van der Waals surface area (Å²) in [6.45, 7) is 6.78. The van der Waals surface area contributed by atoms with E-state index in [0.717, 1.165) is 0 Å². The summed E-state index contributed by atoms with van der Waals surface area (Å²) in [4.78, 5) is 0. The molecule has 0 bridgehead atoms. The SMILES string of the molecule is Cc1cc[c]([Ge]([CH3])([CH3])[CH3])cc1C(C)C. The molecule has 1 aromatic rings. The van der Waals surface area contributed by atoms with E-state index in [4.69, 9.17) is 0 Å². The van der Waals surface area contributed by atoms with Gasteiger partial charge in [0.1, 0.15) is 0 Å². The second-order valence-corrected chi connectivity index (χ2v) is 16.1. The van der Waals surface area contributed by atoms with Gasteiger partial charge in [-0.05, 0) is 0 Å². The van der Waals surface area contributed by atoms with Crippen LogP contribution in [0.2, 0.25) is 17.3 Å². The third-order valence-corrected chi connectivity index (χ3v) is 7.05. The van der Waals surface area contributed by atoms with Crippen LogP contribution in [0.25, 0.3) is 0 Å². The number of hydrogen-bond acceptors (Lipinski definition) is 0. The Balaban J connectivity index is 3.20. The van der Waals surface area contributed by atoms with Crippen LogP contribution in [0.1, 0.15) is 30.9 Å². The van der Waals surface area contributed by atoms with Crippen molar-refractivity contribution in [3.63, 3.8) is 0 Å². The van der Waals surface area contributed by atoms with E-state index >= 15 is 0 Å². The second-order valence-electron chi connectivity index (χ2n) is 5.48. The first kappa shape index (κ1) is 11.8. The molecular weight excluding hydrogens is 229 g/mol. The van der Waals surface area contributed by atoms with Crippen LogP contribution in [0.5, 0.6) is 0 Å². The van der Waals surface area contributed by atoms with Crippen molar-refractivity contribution >= 4 is 17.7 Å². The van der Waals surface area contributed by atoms with Crippen LogP contribution in [0.4, 0.5) is 0 Å². The van der Waals surface area contributed by atoms with Crippen LogP contribution < -0.4 is 4.40 Å². The minimum absolute atomic E-state index is 0.652. The Hall–Kier alpha value is -0.237. The van der Waals surface area contributed by atoms with E-state index in [0.29, 0.717) is 5.92 Å². The molecule has 0 aliphatic carbocycles. The molecule has 78 valence electrons. The molecule has 0 unspecified atom stereocenters. The second kappa shape index (κ2) is 4.10. The van der Waals surface area contributed by atoms with Crippen LogP contribution >= 0.6 is 0 Å². The molecule has 1 heteroatoms. The zero-order valence-electron chi connectivity index (χ0n) is 10.3. The van der Waals surface area contributed by atoms with Gasteiger partial charge in [-0.15, -0.1) is 0 Å². The van der Waals surface area contributed by atoms with Crippen molar-refractivity contribution in [3.05, 3.63) is 29.3 Å². The summed E-state index contributed by atoms with van der Waals surface area (Å²) in [5.74, 6) is 8.01. The molecule has 14 heavy (non-hydrogen) atoms. The third-order valence-electron chi connectivity index (χ3n) is 2.77. The van der Waals surface area contributed by atoms with Gasteiger partial charge in [-0.2, -0.15) is 0 Å². The topological polar surface area (TPSA) is 0 Å². The van der Waals surface area contributed by atoms with E-state index in [1.165, 1.54) is 11.1 Å². The molecule has 0 aliphatic rings. The Morgan fingerprint density at radius 1 is 1.07 bits per heavy atom. The fourth-order valence-corrected chi connectivity index (χ4v) is 4.19. The van der Waals surface area contributed by atoms with Gasteiger partial charge in [0.25, 0.3) is 0 Å². The molecule has 0 nitrogen and oxygen atoms in total. The van der Waals surface area contributed by atoms with Gasteiger partial charge >= 0.3 is 90.9 Å². The van der Waals surface area contributed by atoms with Crippen molar-refractivity contribution in [2.45, 2.75) is 44.0 Å². The van der Waals surface area contributed by atoms with E-state index in [2.05, 4.69) is 56.2 Å². The predicted molar refractivity (Wildman–Crippen MR) is 68.2 cm³/mol. The summed E-state index contributed by atoms with van der Waals surface area (Å²) in [5.41, 5.74) is 2.97. The Labute approximate surface area is 91.1 Å². The molecule has 0 aliphatic heterocycles. The summed E-state index contributed by atoms with van der Waals surface area (Å²) in [6, 6.07) is 7.07. The molecule has 0 saturated carbocycles. The van der Waals surface area contributed by atoms with Crippen molar-refractivity contribution in [2.75, 3.05) is 0 Å². The van der Waals surface area contributed by atoms with Gasteiger partial charge in [-0.3, -0.25) is 0 Å². The van der Waals surface area contributed by atoms with E-state index in [1.807, 2.05) is 0 Å². The Bertz CT molecular complexity index is 318. The van der Waals surface area contributed by atoms with Gasteiger partial charge in [0.15, 0.2) is 0 Å². The Morgan fingerprint density at radius 3 is 2.07 bits per heavy atom. The predicted octanol–water partition coefficient (Wildman–Crippen LogP) is 3.66. The molecule has 0 atom stereocenters. The van der Waals surface area contributed by atoms with Crippen LogP contribution in [-0.4, -0.2) is 13.3 Å². The summed E-state index contributed by atoms with van der Waals surface area (Å²) in [7, 11) is 0. The van der Waals surface area contributed by atoms with Crippen LogP contribution in [0, 0.1) is 6.92 Å². The molecule has 0 fully saturated rings. The maximum atomic E-state index is 2.45. The zero-order chi connectivity index (χ0) is 10.9. The molecule has 1 rings (SSSR count). The average molecular weight is 251 g/mol. The van der Waals surface area contributed by atoms with Gasteiger partial charge < -0.3 is 0 Å². The fraction of sp³-hybridized carbons (Fsp3) is 0.538. The van der Waals surface area contributed by atoms with Crippen molar-refractivity contribution in [2.24, 2.45) is 0 Å². The standard InChI is InChI=1S/C13H22Ge/c1-10(2)13-9-12(14(4,5)6)8-7-11(13)3/h7-10H,1-6H3. The third kappa shape index (κ3) is 2.63. The van der Waals surface area contributed by atoms with Crippen LogP contribution in [-0.2, 0) is 0 Å². The number of aryl methyl sites for hydroxylation is 1. The first-order chi connectivity index (χ1) is 6.32. The summed E-state index contributed by atoms with van der Waals surface area (Å²) in [6.07, 6.45) is 0. The minimum atomic E-state index is -1.62. The van der Waals surface area contributed by atoms with E-state index < -0.39 is 13.3 Å². The molecular formula is C13H22Ge. The normalized spacial score (nSPS) is 12.2.